The fourth-order valence-corrected chi connectivity index (χ4v) is 0.935. The van der Waals surface area contributed by atoms with Gasteiger partial charge in [-0.05, 0) is 6.07 Å². The Labute approximate surface area is 73.9 Å². The summed E-state index contributed by atoms with van der Waals surface area (Å²) < 4.78 is 0.258. The van der Waals surface area contributed by atoms with Crippen LogP contribution in [0.2, 0.25) is 0 Å². The summed E-state index contributed by atoms with van der Waals surface area (Å²) in [6.07, 6.45) is 0. The predicted octanol–water partition coefficient (Wildman–Crippen LogP) is 1.07. The molecule has 0 unspecified atom stereocenters. The third kappa shape index (κ3) is 1.26. The smallest absolute Gasteiger partial charge is 0.122 e. The van der Waals surface area contributed by atoms with Gasteiger partial charge in [0, 0.05) is 0 Å². The highest BCUT2D eigenvalue weighted by atomic mass is 32.1. The summed E-state index contributed by atoms with van der Waals surface area (Å²) in [5.74, 6) is 0.196. The zero-order valence-corrected chi connectivity index (χ0v) is 6.77. The maximum Gasteiger partial charge on any atom is 0.122 e. The van der Waals surface area contributed by atoms with Gasteiger partial charge in [-0.25, -0.2) is 0 Å². The monoisotopic (exact) mass is 176 g/mol. The Hall–Kier alpha value is -1.85. The van der Waals surface area contributed by atoms with Gasteiger partial charge in [0.2, 0.25) is 0 Å². The second-order valence-electron chi connectivity index (χ2n) is 2.06. The van der Waals surface area contributed by atoms with Crippen molar-refractivity contribution < 1.29 is 0 Å². The lowest BCUT2D eigenvalue weighted by Crippen LogP contribution is -1.96. The van der Waals surface area contributed by atoms with Gasteiger partial charge in [-0.15, -0.1) is 0 Å². The van der Waals surface area contributed by atoms with E-state index in [0.29, 0.717) is 0 Å². The van der Waals surface area contributed by atoms with Gasteiger partial charge in [0.1, 0.15) is 22.6 Å². The lowest BCUT2D eigenvalue weighted by Gasteiger charge is -1.96. The first kappa shape index (κ1) is 8.25. The second-order valence-corrected chi connectivity index (χ2v) is 2.47. The molecule has 0 saturated carbocycles. The van der Waals surface area contributed by atoms with Crippen molar-refractivity contribution in [2.75, 3.05) is 5.73 Å². The molecule has 0 radical (unpaired) electrons. The summed E-state index contributed by atoms with van der Waals surface area (Å²) in [6, 6.07) is 5.07. The van der Waals surface area contributed by atoms with E-state index >= 15 is 0 Å². The van der Waals surface area contributed by atoms with Gasteiger partial charge in [0.25, 0.3) is 0 Å². The van der Waals surface area contributed by atoms with Crippen molar-refractivity contribution in [2.45, 2.75) is 0 Å². The van der Waals surface area contributed by atoms with Crippen LogP contribution in [0.25, 0.3) is 0 Å². The van der Waals surface area contributed by atoms with Crippen LogP contribution in [-0.4, -0.2) is 4.98 Å². The maximum atomic E-state index is 8.54. The Morgan fingerprint density at radius 1 is 1.33 bits per heavy atom. The Bertz CT molecular complexity index is 446. The second kappa shape index (κ2) is 3.04. The number of anilines is 1. The first-order chi connectivity index (χ1) is 5.69. The van der Waals surface area contributed by atoms with Crippen molar-refractivity contribution in [1.82, 2.24) is 4.98 Å². The third-order valence-corrected chi connectivity index (χ3v) is 1.63. The molecule has 0 aromatic carbocycles. The van der Waals surface area contributed by atoms with E-state index < -0.39 is 0 Å². The van der Waals surface area contributed by atoms with Gasteiger partial charge >= 0.3 is 0 Å². The highest BCUT2D eigenvalue weighted by molar-refractivity contribution is 7.71. The number of hydrogen-bond acceptors (Lipinski definition) is 4. The van der Waals surface area contributed by atoms with Crippen molar-refractivity contribution in [2.24, 2.45) is 0 Å². The molecule has 5 heteroatoms. The molecule has 58 valence electrons. The summed E-state index contributed by atoms with van der Waals surface area (Å²) in [6.45, 7) is 0. The van der Waals surface area contributed by atoms with Crippen molar-refractivity contribution in [3.63, 3.8) is 0 Å². The van der Waals surface area contributed by atoms with E-state index in [9.17, 15) is 0 Å². The Morgan fingerprint density at radius 2 is 1.92 bits per heavy atom. The van der Waals surface area contributed by atoms with E-state index in [1.54, 1.807) is 0 Å². The van der Waals surface area contributed by atoms with Crippen LogP contribution in [0.1, 0.15) is 11.1 Å². The lowest BCUT2D eigenvalue weighted by atomic mass is 10.2. The molecule has 0 amide bonds. The highest BCUT2D eigenvalue weighted by Crippen LogP contribution is 2.09. The molecular weight excluding hydrogens is 172 g/mol. The third-order valence-electron chi connectivity index (χ3n) is 1.31. The van der Waals surface area contributed by atoms with E-state index in [2.05, 4.69) is 4.98 Å². The van der Waals surface area contributed by atoms with E-state index in [0.717, 1.165) is 0 Å². The fourth-order valence-electron chi connectivity index (χ4n) is 0.720. The minimum Gasteiger partial charge on any atom is -0.384 e. The normalized spacial score (nSPS) is 8.50. The molecular formula is C7H4N4S. The molecule has 0 aliphatic carbocycles. The van der Waals surface area contributed by atoms with Crippen molar-refractivity contribution >= 4 is 18.0 Å². The molecule has 1 heterocycles. The summed E-state index contributed by atoms with van der Waals surface area (Å²) in [5.41, 5.74) is 5.90. The van der Waals surface area contributed by atoms with Crippen LogP contribution < -0.4 is 5.73 Å². The molecule has 0 aliphatic rings. The number of rotatable bonds is 0. The molecule has 0 aliphatic heterocycles. The molecule has 1 aromatic rings. The van der Waals surface area contributed by atoms with E-state index in [1.165, 1.54) is 6.07 Å². The molecule has 0 saturated heterocycles. The molecule has 4 nitrogen and oxygen atoms in total. The largest absolute Gasteiger partial charge is 0.384 e. The number of nitrogens with two attached hydrogens (primary N) is 1. The molecule has 0 spiro atoms. The topological polar surface area (TPSA) is 89.4 Å². The number of pyridine rings is 1. The van der Waals surface area contributed by atoms with Crippen molar-refractivity contribution in [1.29, 1.82) is 10.5 Å². The van der Waals surface area contributed by atoms with Crippen molar-refractivity contribution in [3.8, 4) is 12.1 Å². The van der Waals surface area contributed by atoms with Crippen LogP contribution in [0.4, 0.5) is 5.82 Å². The number of nitriles is 2. The van der Waals surface area contributed by atoms with Crippen LogP contribution >= 0.6 is 12.2 Å². The average molecular weight is 176 g/mol. The number of H-pyrrole nitrogens is 1. The van der Waals surface area contributed by atoms with E-state index in [1.807, 2.05) is 12.1 Å². The zero-order chi connectivity index (χ0) is 9.14. The molecule has 0 bridgehead atoms. The summed E-state index contributed by atoms with van der Waals surface area (Å²) in [7, 11) is 0. The molecule has 3 N–H and O–H groups in total. The Kier molecular flexibility index (Phi) is 2.09. The Balaban J connectivity index is 3.54. The number of nitrogens with zero attached hydrogens (tertiary/aromatic N) is 2. The SMILES string of the molecule is N#Cc1cc(C#N)c(=S)[nH]c1N. The van der Waals surface area contributed by atoms with Crippen LogP contribution in [0, 0.1) is 27.3 Å². The summed E-state index contributed by atoms with van der Waals surface area (Å²) >= 11 is 4.78. The molecule has 1 rings (SSSR count). The highest BCUT2D eigenvalue weighted by Gasteiger charge is 2.01. The van der Waals surface area contributed by atoms with Crippen LogP contribution in [0.5, 0.6) is 0 Å². The van der Waals surface area contributed by atoms with Gasteiger partial charge in [-0.3, -0.25) is 0 Å². The van der Waals surface area contributed by atoms with Gasteiger partial charge < -0.3 is 10.7 Å². The molecule has 0 fully saturated rings. The number of aromatic nitrogens is 1. The van der Waals surface area contributed by atoms with E-state index in [4.69, 9.17) is 28.5 Å². The Morgan fingerprint density at radius 3 is 2.42 bits per heavy atom. The van der Waals surface area contributed by atoms with Crippen molar-refractivity contribution in [3.05, 3.63) is 21.8 Å². The van der Waals surface area contributed by atoms with Crippen LogP contribution in [0.3, 0.4) is 0 Å². The lowest BCUT2D eigenvalue weighted by molar-refractivity contribution is 1.26. The van der Waals surface area contributed by atoms with Gasteiger partial charge in [0.15, 0.2) is 0 Å². The van der Waals surface area contributed by atoms with Gasteiger partial charge in [-0.1, -0.05) is 12.2 Å². The quantitative estimate of drug-likeness (QED) is 0.578. The summed E-state index contributed by atoms with van der Waals surface area (Å²) in [4.78, 5) is 2.56. The maximum absolute atomic E-state index is 8.54. The minimum absolute atomic E-state index is 0.196. The number of aromatic amines is 1. The zero-order valence-electron chi connectivity index (χ0n) is 5.96. The van der Waals surface area contributed by atoms with Gasteiger partial charge in [0.05, 0.1) is 11.1 Å². The first-order valence-corrected chi connectivity index (χ1v) is 3.43. The van der Waals surface area contributed by atoms with Crippen LogP contribution in [-0.2, 0) is 0 Å². The predicted molar refractivity (Wildman–Crippen MR) is 45.5 cm³/mol. The molecule has 12 heavy (non-hydrogen) atoms. The average Bonchev–Trinajstić information content (AvgIpc) is 2.05. The standard InChI is InChI=1S/C7H4N4S/c8-2-4-1-5(3-9)7(12)11-6(4)10/h1H,(H3,10,11,12). The van der Waals surface area contributed by atoms with Crippen LogP contribution in [0.15, 0.2) is 6.07 Å². The van der Waals surface area contributed by atoms with Gasteiger partial charge in [-0.2, -0.15) is 10.5 Å². The van der Waals surface area contributed by atoms with E-state index in [-0.39, 0.29) is 21.6 Å². The fraction of sp³-hybridized carbons (Fsp3) is 0. The molecule has 1 aromatic heterocycles. The number of nitrogen functional groups attached to an aromatic ring is 1. The minimum atomic E-state index is 0.196. The number of nitrogens with one attached hydrogen (secondary N) is 1. The summed E-state index contributed by atoms with van der Waals surface area (Å²) in [5, 5.41) is 17.1. The first-order valence-electron chi connectivity index (χ1n) is 3.02. The number of hydrogen-bond donors (Lipinski definition) is 2. The molecule has 0 atom stereocenters.